The zero-order valence-electron chi connectivity index (χ0n) is 11.9. The first kappa shape index (κ1) is 14.5. The molecule has 0 spiro atoms. The van der Waals surface area contributed by atoms with E-state index in [0.717, 1.165) is 18.7 Å². The lowest BCUT2D eigenvalue weighted by Gasteiger charge is -2.07. The van der Waals surface area contributed by atoms with Crippen LogP contribution in [-0.2, 0) is 17.3 Å². The third-order valence-electron chi connectivity index (χ3n) is 4.04. The van der Waals surface area contributed by atoms with Crippen molar-refractivity contribution >= 4 is 28.2 Å². The van der Waals surface area contributed by atoms with Crippen LogP contribution >= 0.6 is 11.6 Å². The third-order valence-corrected chi connectivity index (χ3v) is 5.26. The topological polar surface area (TPSA) is 39.1 Å². The summed E-state index contributed by atoms with van der Waals surface area (Å²) in [5.41, 5.74) is 2.28. The number of aromatic nitrogens is 1. The number of halogens is 1. The Kier molecular flexibility index (Phi) is 3.76. The second-order valence-electron chi connectivity index (χ2n) is 5.41. The van der Waals surface area contributed by atoms with Crippen molar-refractivity contribution in [3.05, 3.63) is 52.3 Å². The Balaban J connectivity index is 2.00. The highest BCUT2D eigenvalue weighted by atomic mass is 35.5. The first-order chi connectivity index (χ1) is 9.99. The molecule has 0 aliphatic carbocycles. The van der Waals surface area contributed by atoms with Crippen molar-refractivity contribution in [1.29, 1.82) is 0 Å². The fourth-order valence-corrected chi connectivity index (χ4v) is 3.64. The van der Waals surface area contributed by atoms with E-state index in [-0.39, 0.29) is 5.78 Å². The summed E-state index contributed by atoms with van der Waals surface area (Å²) in [5.74, 6) is 0.364. The van der Waals surface area contributed by atoms with Gasteiger partial charge < -0.3 is 4.57 Å². The Labute approximate surface area is 131 Å². The van der Waals surface area contributed by atoms with E-state index in [4.69, 9.17) is 11.6 Å². The van der Waals surface area contributed by atoms with Gasteiger partial charge >= 0.3 is 0 Å². The number of hydrogen-bond donors (Lipinski definition) is 0. The molecule has 0 N–H and O–H groups in total. The molecule has 2 atom stereocenters. The van der Waals surface area contributed by atoms with E-state index in [2.05, 4.69) is 6.92 Å². The first-order valence-electron chi connectivity index (χ1n) is 6.86. The SMILES string of the molecule is CC1CCn2c1cc(Cl)c2C(=O)c1ccc(S(C)=O)cc1. The molecule has 0 fully saturated rings. The minimum Gasteiger partial charge on any atom is -0.340 e. The maximum atomic E-state index is 12.7. The van der Waals surface area contributed by atoms with Crippen LogP contribution in [0.5, 0.6) is 0 Å². The van der Waals surface area contributed by atoms with E-state index in [1.54, 1.807) is 30.5 Å². The van der Waals surface area contributed by atoms with Crippen LogP contribution in [0.4, 0.5) is 0 Å². The average molecular weight is 322 g/mol. The van der Waals surface area contributed by atoms with E-state index in [9.17, 15) is 9.00 Å². The van der Waals surface area contributed by atoms with Crippen molar-refractivity contribution in [3.63, 3.8) is 0 Å². The standard InChI is InChI=1S/C16H16ClNO2S/c1-10-7-8-18-14(10)9-13(17)15(18)16(19)11-3-5-12(6-4-11)21(2)20/h3-6,9-10H,7-8H2,1-2H3. The van der Waals surface area contributed by atoms with Crippen LogP contribution in [-0.4, -0.2) is 20.8 Å². The lowest BCUT2D eigenvalue weighted by Crippen LogP contribution is -2.09. The smallest absolute Gasteiger partial charge is 0.210 e. The van der Waals surface area contributed by atoms with Crippen LogP contribution < -0.4 is 0 Å². The molecule has 1 aromatic carbocycles. The number of rotatable bonds is 3. The lowest BCUT2D eigenvalue weighted by molar-refractivity contribution is 0.103. The Hall–Kier alpha value is -1.39. The van der Waals surface area contributed by atoms with Gasteiger partial charge in [-0.3, -0.25) is 9.00 Å². The fraction of sp³-hybridized carbons (Fsp3) is 0.312. The molecule has 2 heterocycles. The van der Waals surface area contributed by atoms with E-state index in [1.807, 2.05) is 10.6 Å². The average Bonchev–Trinajstić information content (AvgIpc) is 2.97. The molecular formula is C16H16ClNO2S. The van der Waals surface area contributed by atoms with Gasteiger partial charge in [0, 0.05) is 39.8 Å². The minimum atomic E-state index is -1.04. The van der Waals surface area contributed by atoms with E-state index >= 15 is 0 Å². The van der Waals surface area contributed by atoms with Gasteiger partial charge in [0.25, 0.3) is 0 Å². The van der Waals surface area contributed by atoms with E-state index < -0.39 is 10.8 Å². The number of fused-ring (bicyclic) bond motifs is 1. The quantitative estimate of drug-likeness (QED) is 0.810. The zero-order valence-corrected chi connectivity index (χ0v) is 13.5. The Morgan fingerprint density at radius 3 is 2.62 bits per heavy atom. The molecule has 0 bridgehead atoms. The van der Waals surface area contributed by atoms with Gasteiger partial charge in [0.05, 0.1) is 5.02 Å². The molecule has 2 aromatic rings. The second kappa shape index (κ2) is 5.43. The van der Waals surface area contributed by atoms with Crippen molar-refractivity contribution in [2.24, 2.45) is 0 Å². The van der Waals surface area contributed by atoms with Crippen LogP contribution in [0.1, 0.15) is 41.0 Å². The highest BCUT2D eigenvalue weighted by Gasteiger charge is 2.27. The summed E-state index contributed by atoms with van der Waals surface area (Å²) in [6, 6.07) is 8.80. The molecule has 3 rings (SSSR count). The Morgan fingerprint density at radius 1 is 1.33 bits per heavy atom. The molecule has 3 nitrogen and oxygen atoms in total. The zero-order chi connectivity index (χ0) is 15.1. The molecule has 0 amide bonds. The largest absolute Gasteiger partial charge is 0.340 e. The molecule has 5 heteroatoms. The summed E-state index contributed by atoms with van der Waals surface area (Å²) in [6.07, 6.45) is 2.66. The highest BCUT2D eigenvalue weighted by molar-refractivity contribution is 7.84. The predicted octanol–water partition coefficient (Wildman–Crippen LogP) is 3.62. The summed E-state index contributed by atoms with van der Waals surface area (Å²) >= 11 is 6.26. The minimum absolute atomic E-state index is 0.0752. The number of hydrogen-bond acceptors (Lipinski definition) is 2. The van der Waals surface area contributed by atoms with Gasteiger partial charge in [0.2, 0.25) is 5.78 Å². The normalized spacial score (nSPS) is 18.5. The van der Waals surface area contributed by atoms with E-state index in [1.165, 1.54) is 0 Å². The van der Waals surface area contributed by atoms with Crippen molar-refractivity contribution in [3.8, 4) is 0 Å². The van der Waals surface area contributed by atoms with Crippen LogP contribution in [0.3, 0.4) is 0 Å². The summed E-state index contributed by atoms with van der Waals surface area (Å²) < 4.78 is 13.4. The monoisotopic (exact) mass is 321 g/mol. The summed E-state index contributed by atoms with van der Waals surface area (Å²) in [7, 11) is -1.04. The molecule has 1 aliphatic heterocycles. The number of carbonyl (C=O) groups excluding carboxylic acids is 1. The summed E-state index contributed by atoms with van der Waals surface area (Å²) in [4.78, 5) is 13.4. The molecule has 21 heavy (non-hydrogen) atoms. The fourth-order valence-electron chi connectivity index (χ4n) is 2.82. The second-order valence-corrected chi connectivity index (χ2v) is 7.20. The molecule has 2 unspecified atom stereocenters. The molecule has 110 valence electrons. The van der Waals surface area contributed by atoms with Gasteiger partial charge in [-0.1, -0.05) is 18.5 Å². The summed E-state index contributed by atoms with van der Waals surface area (Å²) in [6.45, 7) is 2.98. The van der Waals surface area contributed by atoms with Crippen LogP contribution in [0, 0.1) is 0 Å². The number of carbonyl (C=O) groups is 1. The predicted molar refractivity (Wildman–Crippen MR) is 84.7 cm³/mol. The van der Waals surface area contributed by atoms with Crippen molar-refractivity contribution in [1.82, 2.24) is 4.57 Å². The van der Waals surface area contributed by atoms with Gasteiger partial charge in [-0.2, -0.15) is 0 Å². The van der Waals surface area contributed by atoms with Gasteiger partial charge in [-0.15, -0.1) is 0 Å². The van der Waals surface area contributed by atoms with Crippen LogP contribution in [0.2, 0.25) is 5.02 Å². The van der Waals surface area contributed by atoms with Gasteiger partial charge in [-0.05, 0) is 42.7 Å². The molecule has 0 radical (unpaired) electrons. The Morgan fingerprint density at radius 2 is 2.00 bits per heavy atom. The number of ketones is 1. The molecular weight excluding hydrogens is 306 g/mol. The van der Waals surface area contributed by atoms with Gasteiger partial charge in [0.15, 0.2) is 0 Å². The maximum Gasteiger partial charge on any atom is 0.210 e. The van der Waals surface area contributed by atoms with Crippen molar-refractivity contribution in [2.45, 2.75) is 30.7 Å². The van der Waals surface area contributed by atoms with Crippen LogP contribution in [0.15, 0.2) is 35.2 Å². The molecule has 1 aromatic heterocycles. The van der Waals surface area contributed by atoms with Crippen molar-refractivity contribution < 1.29 is 9.00 Å². The highest BCUT2D eigenvalue weighted by Crippen LogP contribution is 2.35. The molecule has 0 saturated carbocycles. The number of benzene rings is 1. The molecule has 1 aliphatic rings. The van der Waals surface area contributed by atoms with Crippen LogP contribution in [0.25, 0.3) is 0 Å². The number of nitrogens with zero attached hydrogens (tertiary/aromatic N) is 1. The van der Waals surface area contributed by atoms with Gasteiger partial charge in [0.1, 0.15) is 5.69 Å². The molecule has 0 saturated heterocycles. The summed E-state index contributed by atoms with van der Waals surface area (Å²) in [5, 5.41) is 0.518. The Bertz CT molecular complexity index is 733. The lowest BCUT2D eigenvalue weighted by atomic mass is 10.1. The first-order valence-corrected chi connectivity index (χ1v) is 8.79. The maximum absolute atomic E-state index is 12.7. The van der Waals surface area contributed by atoms with E-state index in [0.29, 0.717) is 27.1 Å². The van der Waals surface area contributed by atoms with Gasteiger partial charge in [-0.25, -0.2) is 0 Å². The van der Waals surface area contributed by atoms with Crippen molar-refractivity contribution in [2.75, 3.05) is 6.26 Å². The third kappa shape index (κ3) is 2.47.